The van der Waals surface area contributed by atoms with E-state index < -0.39 is 11.8 Å². The van der Waals surface area contributed by atoms with Crippen molar-refractivity contribution in [2.24, 2.45) is 0 Å². The molecular weight excluding hydrogens is 276 g/mol. The summed E-state index contributed by atoms with van der Waals surface area (Å²) >= 11 is 0. The molecule has 2 rings (SSSR count). The van der Waals surface area contributed by atoms with Crippen LogP contribution in [0.3, 0.4) is 0 Å². The number of hydrogen-bond acceptors (Lipinski definition) is 2. The lowest BCUT2D eigenvalue weighted by Crippen LogP contribution is -2.19. The Morgan fingerprint density at radius 3 is 2.33 bits per heavy atom. The van der Waals surface area contributed by atoms with Crippen LogP contribution in [-0.4, -0.2) is 23.0 Å². The molecule has 0 bridgehead atoms. The molecule has 0 aliphatic heterocycles. The number of aromatic carboxylic acids is 1. The van der Waals surface area contributed by atoms with E-state index in [9.17, 15) is 13.6 Å². The monoisotopic (exact) mass is 291 g/mol. The van der Waals surface area contributed by atoms with Crippen molar-refractivity contribution in [1.82, 2.24) is 4.90 Å². The van der Waals surface area contributed by atoms with Crippen LogP contribution in [0.15, 0.2) is 42.5 Å². The van der Waals surface area contributed by atoms with Gasteiger partial charge in [0.05, 0.1) is 5.56 Å². The third kappa shape index (κ3) is 3.86. The molecule has 0 spiro atoms. The molecule has 1 N–H and O–H groups in total. The Morgan fingerprint density at radius 1 is 1.05 bits per heavy atom. The second-order valence-electron chi connectivity index (χ2n) is 4.88. The van der Waals surface area contributed by atoms with Crippen LogP contribution < -0.4 is 0 Å². The van der Waals surface area contributed by atoms with Gasteiger partial charge in [-0.3, -0.25) is 4.90 Å². The zero-order valence-corrected chi connectivity index (χ0v) is 11.5. The van der Waals surface area contributed by atoms with Crippen molar-refractivity contribution in [3.05, 3.63) is 70.8 Å². The zero-order chi connectivity index (χ0) is 15.4. The maximum atomic E-state index is 13.7. The third-order valence-corrected chi connectivity index (χ3v) is 3.13. The quantitative estimate of drug-likeness (QED) is 0.919. The zero-order valence-electron chi connectivity index (χ0n) is 11.5. The minimum atomic E-state index is -1.10. The largest absolute Gasteiger partial charge is 0.478 e. The highest BCUT2D eigenvalue weighted by Gasteiger charge is 2.11. The van der Waals surface area contributed by atoms with Crippen molar-refractivity contribution >= 4 is 5.97 Å². The predicted octanol–water partition coefficient (Wildman–Crippen LogP) is 3.30. The van der Waals surface area contributed by atoms with Gasteiger partial charge in [0.1, 0.15) is 11.6 Å². The minimum absolute atomic E-state index is 0.0330. The molecule has 3 nitrogen and oxygen atoms in total. The Hall–Kier alpha value is -2.27. The van der Waals surface area contributed by atoms with E-state index in [-0.39, 0.29) is 23.5 Å². The summed E-state index contributed by atoms with van der Waals surface area (Å²) in [4.78, 5) is 12.6. The van der Waals surface area contributed by atoms with E-state index in [0.29, 0.717) is 12.1 Å². The van der Waals surface area contributed by atoms with Gasteiger partial charge in [0.15, 0.2) is 0 Å². The molecule has 0 saturated carbocycles. The van der Waals surface area contributed by atoms with E-state index in [2.05, 4.69) is 0 Å². The van der Waals surface area contributed by atoms with Gasteiger partial charge in [-0.05, 0) is 31.3 Å². The van der Waals surface area contributed by atoms with Crippen LogP contribution in [0.5, 0.6) is 0 Å². The Morgan fingerprint density at radius 2 is 1.67 bits per heavy atom. The fourth-order valence-electron chi connectivity index (χ4n) is 2.09. The topological polar surface area (TPSA) is 40.5 Å². The molecular formula is C16H15F2NO2. The first-order chi connectivity index (χ1) is 9.97. The second kappa shape index (κ2) is 6.45. The molecule has 0 heterocycles. The summed E-state index contributed by atoms with van der Waals surface area (Å²) in [6, 6.07) is 10.0. The Kier molecular flexibility index (Phi) is 4.65. The van der Waals surface area contributed by atoms with Crippen molar-refractivity contribution in [3.63, 3.8) is 0 Å². The summed E-state index contributed by atoms with van der Waals surface area (Å²) in [5, 5.41) is 8.92. The van der Waals surface area contributed by atoms with Crippen LogP contribution >= 0.6 is 0 Å². The average molecular weight is 291 g/mol. The van der Waals surface area contributed by atoms with E-state index in [1.165, 1.54) is 18.2 Å². The number of halogens is 2. The van der Waals surface area contributed by atoms with Gasteiger partial charge in [-0.15, -0.1) is 0 Å². The van der Waals surface area contributed by atoms with Crippen molar-refractivity contribution in [1.29, 1.82) is 0 Å². The molecule has 0 aliphatic carbocycles. The highest BCUT2D eigenvalue weighted by molar-refractivity contribution is 5.87. The molecule has 21 heavy (non-hydrogen) atoms. The highest BCUT2D eigenvalue weighted by Crippen LogP contribution is 2.15. The number of carboxylic acid groups (broad SMARTS) is 1. The molecule has 110 valence electrons. The van der Waals surface area contributed by atoms with Gasteiger partial charge in [-0.2, -0.15) is 0 Å². The van der Waals surface area contributed by atoms with Gasteiger partial charge in [0.2, 0.25) is 0 Å². The van der Waals surface area contributed by atoms with E-state index >= 15 is 0 Å². The number of benzene rings is 2. The fraction of sp³-hybridized carbons (Fsp3) is 0.188. The van der Waals surface area contributed by atoms with Gasteiger partial charge < -0.3 is 5.11 Å². The number of hydrogen-bond donors (Lipinski definition) is 1. The van der Waals surface area contributed by atoms with Crippen LogP contribution in [0, 0.1) is 11.6 Å². The van der Waals surface area contributed by atoms with Gasteiger partial charge in [0.25, 0.3) is 0 Å². The van der Waals surface area contributed by atoms with Crippen molar-refractivity contribution in [3.8, 4) is 0 Å². The van der Waals surface area contributed by atoms with Crippen LogP contribution in [0.25, 0.3) is 0 Å². The summed E-state index contributed by atoms with van der Waals surface area (Å²) in [7, 11) is 1.72. The number of carboxylic acids is 1. The predicted molar refractivity (Wildman–Crippen MR) is 74.9 cm³/mol. The first-order valence-corrected chi connectivity index (χ1v) is 6.41. The Bertz CT molecular complexity index is 658. The molecule has 0 aromatic heterocycles. The average Bonchev–Trinajstić information content (AvgIpc) is 2.43. The van der Waals surface area contributed by atoms with E-state index in [0.717, 1.165) is 6.07 Å². The Labute approximate surface area is 121 Å². The molecule has 0 unspecified atom stereocenters. The molecule has 2 aromatic carbocycles. The molecule has 0 fully saturated rings. The fourth-order valence-corrected chi connectivity index (χ4v) is 2.09. The van der Waals surface area contributed by atoms with Crippen LogP contribution in [0.1, 0.15) is 21.5 Å². The number of rotatable bonds is 5. The van der Waals surface area contributed by atoms with Gasteiger partial charge in [-0.25, -0.2) is 13.6 Å². The van der Waals surface area contributed by atoms with Crippen molar-refractivity contribution in [2.75, 3.05) is 7.05 Å². The lowest BCUT2D eigenvalue weighted by molar-refractivity contribution is 0.0696. The third-order valence-electron chi connectivity index (χ3n) is 3.13. The lowest BCUT2D eigenvalue weighted by atomic mass is 10.1. The van der Waals surface area contributed by atoms with Crippen LogP contribution in [0.4, 0.5) is 8.78 Å². The molecule has 2 aromatic rings. The summed E-state index contributed by atoms with van der Waals surface area (Å²) in [6.45, 7) is 0.505. The number of carbonyl (C=O) groups is 1. The summed E-state index contributed by atoms with van der Waals surface area (Å²) in [6.07, 6.45) is 0. The molecule has 0 amide bonds. The SMILES string of the molecule is CN(Cc1ccccc1F)Cc1cc(C(=O)O)ccc1F. The normalized spacial score (nSPS) is 10.9. The Balaban J connectivity index is 2.12. The first kappa shape index (κ1) is 15.1. The molecule has 0 atom stereocenters. The smallest absolute Gasteiger partial charge is 0.335 e. The molecule has 0 aliphatic rings. The second-order valence-corrected chi connectivity index (χ2v) is 4.88. The highest BCUT2D eigenvalue weighted by atomic mass is 19.1. The van der Waals surface area contributed by atoms with E-state index in [4.69, 9.17) is 5.11 Å². The molecule has 0 radical (unpaired) electrons. The van der Waals surface area contributed by atoms with Gasteiger partial charge in [0, 0.05) is 24.2 Å². The maximum Gasteiger partial charge on any atom is 0.335 e. The number of nitrogens with zero attached hydrogens (tertiary/aromatic N) is 1. The lowest BCUT2D eigenvalue weighted by Gasteiger charge is -2.18. The maximum absolute atomic E-state index is 13.7. The van der Waals surface area contributed by atoms with Gasteiger partial charge >= 0.3 is 5.97 Å². The minimum Gasteiger partial charge on any atom is -0.478 e. The van der Waals surface area contributed by atoms with Gasteiger partial charge in [-0.1, -0.05) is 18.2 Å². The van der Waals surface area contributed by atoms with E-state index in [1.54, 1.807) is 30.1 Å². The van der Waals surface area contributed by atoms with Crippen LogP contribution in [-0.2, 0) is 13.1 Å². The summed E-state index contributed by atoms with van der Waals surface area (Å²) < 4.78 is 27.3. The standard InChI is InChI=1S/C16H15F2NO2/c1-19(9-12-4-2-3-5-14(12)17)10-13-8-11(16(20)21)6-7-15(13)18/h2-8H,9-10H2,1H3,(H,20,21). The summed E-state index contributed by atoms with van der Waals surface area (Å²) in [5.74, 6) is -1.89. The van der Waals surface area contributed by atoms with Crippen LogP contribution in [0.2, 0.25) is 0 Å². The van der Waals surface area contributed by atoms with Crippen molar-refractivity contribution < 1.29 is 18.7 Å². The molecule has 5 heteroatoms. The van der Waals surface area contributed by atoms with Crippen molar-refractivity contribution in [2.45, 2.75) is 13.1 Å². The molecule has 0 saturated heterocycles. The van der Waals surface area contributed by atoms with E-state index in [1.807, 2.05) is 0 Å². The summed E-state index contributed by atoms with van der Waals surface area (Å²) in [5.41, 5.74) is 0.814. The first-order valence-electron chi connectivity index (χ1n) is 6.41.